The molecule has 4 heteroatoms. The summed E-state index contributed by atoms with van der Waals surface area (Å²) in [7, 11) is -1.11. The molecule has 0 amide bonds. The Labute approximate surface area is 89.6 Å². The molecule has 1 unspecified atom stereocenters. The zero-order valence-corrected chi connectivity index (χ0v) is 9.14. The average Bonchev–Trinajstić information content (AvgIpc) is 2.28. The number of hydrogen-bond donors (Lipinski definition) is 1. The number of aromatic nitrogens is 1. The predicted molar refractivity (Wildman–Crippen MR) is 61.5 cm³/mol. The molecular formula is C11H11NO2S. The Balaban J connectivity index is 2.73. The number of aromatic amines is 1. The summed E-state index contributed by atoms with van der Waals surface area (Å²) in [5, 5.41) is 1.97. The monoisotopic (exact) mass is 221 g/mol. The highest BCUT2D eigenvalue weighted by Crippen LogP contribution is 2.11. The van der Waals surface area contributed by atoms with Gasteiger partial charge in [-0.2, -0.15) is 0 Å². The van der Waals surface area contributed by atoms with Gasteiger partial charge in [-0.25, -0.2) is 0 Å². The maximum Gasteiger partial charge on any atom is 0.256 e. The number of pyridine rings is 1. The number of hydrogen-bond acceptors (Lipinski definition) is 2. The molecule has 2 rings (SSSR count). The summed E-state index contributed by atoms with van der Waals surface area (Å²) in [5.41, 5.74) is -0.176. The van der Waals surface area contributed by atoms with Crippen LogP contribution in [0.3, 0.4) is 0 Å². The van der Waals surface area contributed by atoms with Gasteiger partial charge in [0.1, 0.15) is 5.03 Å². The Morgan fingerprint density at radius 3 is 2.80 bits per heavy atom. The molecule has 0 saturated heterocycles. The van der Waals surface area contributed by atoms with Crippen LogP contribution in [0.5, 0.6) is 0 Å². The van der Waals surface area contributed by atoms with Crippen LogP contribution in [0.4, 0.5) is 0 Å². The van der Waals surface area contributed by atoms with E-state index in [1.54, 1.807) is 12.1 Å². The fourth-order valence-corrected chi connectivity index (χ4v) is 2.24. The molecule has 1 N–H and O–H groups in total. The molecule has 1 aromatic carbocycles. The van der Waals surface area contributed by atoms with Crippen LogP contribution in [0.2, 0.25) is 0 Å². The second-order valence-corrected chi connectivity index (χ2v) is 4.89. The second kappa shape index (κ2) is 3.98. The summed E-state index contributed by atoms with van der Waals surface area (Å²) in [6.07, 6.45) is 0. The van der Waals surface area contributed by atoms with Crippen LogP contribution in [-0.4, -0.2) is 14.9 Å². The van der Waals surface area contributed by atoms with Gasteiger partial charge in [0.25, 0.3) is 5.56 Å². The summed E-state index contributed by atoms with van der Waals surface area (Å²) in [6.45, 7) is 1.82. The zero-order chi connectivity index (χ0) is 10.8. The van der Waals surface area contributed by atoms with Crippen LogP contribution in [-0.2, 0) is 10.8 Å². The van der Waals surface area contributed by atoms with Crippen LogP contribution < -0.4 is 5.56 Å². The maximum atomic E-state index is 11.6. The average molecular weight is 221 g/mol. The van der Waals surface area contributed by atoms with E-state index in [0.29, 0.717) is 16.2 Å². The van der Waals surface area contributed by atoms with Gasteiger partial charge in [0.2, 0.25) is 0 Å². The van der Waals surface area contributed by atoms with E-state index >= 15 is 0 Å². The lowest BCUT2D eigenvalue weighted by Crippen LogP contribution is -2.10. The molecule has 1 aromatic heterocycles. The molecule has 3 nitrogen and oxygen atoms in total. The molecule has 78 valence electrons. The van der Waals surface area contributed by atoms with Gasteiger partial charge in [0, 0.05) is 11.1 Å². The Morgan fingerprint density at radius 1 is 1.33 bits per heavy atom. The standard InChI is InChI=1S/C11H11NO2S/c1-2-15(14)10-7-8-5-3-4-6-9(8)11(13)12-10/h3-7H,2H2,1H3,(H,12,13). The number of fused-ring (bicyclic) bond motifs is 1. The van der Waals surface area contributed by atoms with Crippen LogP contribution in [0, 0.1) is 0 Å². The van der Waals surface area contributed by atoms with E-state index in [9.17, 15) is 9.00 Å². The van der Waals surface area contributed by atoms with Crippen molar-refractivity contribution >= 4 is 21.6 Å². The lowest BCUT2D eigenvalue weighted by atomic mass is 10.2. The summed E-state index contributed by atoms with van der Waals surface area (Å²) < 4.78 is 11.6. The molecule has 0 fully saturated rings. The predicted octanol–water partition coefficient (Wildman–Crippen LogP) is 1.66. The normalized spacial score (nSPS) is 12.9. The fourth-order valence-electron chi connectivity index (χ4n) is 1.46. The Hall–Kier alpha value is -1.42. The first kappa shape index (κ1) is 10.1. The number of rotatable bonds is 2. The molecular weight excluding hydrogens is 210 g/mol. The molecule has 1 atom stereocenters. The molecule has 0 saturated carbocycles. The molecule has 0 aliphatic carbocycles. The number of H-pyrrole nitrogens is 1. The van der Waals surface area contributed by atoms with Crippen molar-refractivity contribution in [1.82, 2.24) is 4.98 Å². The first-order chi connectivity index (χ1) is 7.22. The van der Waals surface area contributed by atoms with Crippen molar-refractivity contribution in [3.05, 3.63) is 40.7 Å². The van der Waals surface area contributed by atoms with Crippen LogP contribution in [0.1, 0.15) is 6.92 Å². The Kier molecular flexibility index (Phi) is 2.68. The van der Waals surface area contributed by atoms with Crippen molar-refractivity contribution in [2.24, 2.45) is 0 Å². The highest BCUT2D eigenvalue weighted by atomic mass is 32.2. The van der Waals surface area contributed by atoms with Gasteiger partial charge in [-0.05, 0) is 17.5 Å². The van der Waals surface area contributed by atoms with E-state index in [0.717, 1.165) is 5.39 Å². The van der Waals surface area contributed by atoms with E-state index in [1.807, 2.05) is 25.1 Å². The van der Waals surface area contributed by atoms with Crippen molar-refractivity contribution < 1.29 is 4.21 Å². The first-order valence-corrected chi connectivity index (χ1v) is 6.04. The van der Waals surface area contributed by atoms with Gasteiger partial charge in [0.05, 0.1) is 10.8 Å². The molecule has 0 bridgehead atoms. The molecule has 0 radical (unpaired) electrons. The molecule has 1 heterocycles. The summed E-state index contributed by atoms with van der Waals surface area (Å²) in [6, 6.07) is 9.05. The van der Waals surface area contributed by atoms with Gasteiger partial charge >= 0.3 is 0 Å². The first-order valence-electron chi connectivity index (χ1n) is 4.73. The lowest BCUT2D eigenvalue weighted by molar-refractivity contribution is 0.681. The van der Waals surface area contributed by atoms with E-state index in [1.165, 1.54) is 0 Å². The van der Waals surface area contributed by atoms with Gasteiger partial charge in [-0.1, -0.05) is 25.1 Å². The van der Waals surface area contributed by atoms with Gasteiger partial charge < -0.3 is 4.98 Å². The van der Waals surface area contributed by atoms with E-state index in [-0.39, 0.29) is 5.56 Å². The van der Waals surface area contributed by atoms with Crippen molar-refractivity contribution in [3.63, 3.8) is 0 Å². The lowest BCUT2D eigenvalue weighted by Gasteiger charge is -2.01. The Morgan fingerprint density at radius 2 is 2.07 bits per heavy atom. The Bertz CT molecular complexity index is 574. The molecule has 0 aliphatic rings. The third kappa shape index (κ3) is 1.85. The zero-order valence-electron chi connectivity index (χ0n) is 8.32. The molecule has 2 aromatic rings. The quantitative estimate of drug-likeness (QED) is 0.838. The molecule has 0 spiro atoms. The van der Waals surface area contributed by atoms with Crippen molar-refractivity contribution in [2.75, 3.05) is 5.75 Å². The highest BCUT2D eigenvalue weighted by Gasteiger charge is 2.05. The third-order valence-corrected chi connectivity index (χ3v) is 3.47. The third-order valence-electron chi connectivity index (χ3n) is 2.24. The minimum Gasteiger partial charge on any atom is -0.314 e. The highest BCUT2D eigenvalue weighted by molar-refractivity contribution is 7.84. The number of nitrogens with one attached hydrogen (secondary N) is 1. The van der Waals surface area contributed by atoms with Crippen LogP contribution in [0.25, 0.3) is 10.8 Å². The SMILES string of the molecule is CCS(=O)c1cc2ccccc2c(=O)[nH]1. The fraction of sp³-hybridized carbons (Fsp3) is 0.182. The van der Waals surface area contributed by atoms with Gasteiger partial charge in [0.15, 0.2) is 0 Å². The van der Waals surface area contributed by atoms with E-state index < -0.39 is 10.8 Å². The van der Waals surface area contributed by atoms with Crippen molar-refractivity contribution in [3.8, 4) is 0 Å². The van der Waals surface area contributed by atoms with Crippen LogP contribution >= 0.6 is 0 Å². The van der Waals surface area contributed by atoms with E-state index in [2.05, 4.69) is 4.98 Å². The molecule has 0 aliphatic heterocycles. The minimum atomic E-state index is -1.11. The minimum absolute atomic E-state index is 0.176. The summed E-state index contributed by atoms with van der Waals surface area (Å²) in [4.78, 5) is 14.3. The summed E-state index contributed by atoms with van der Waals surface area (Å²) >= 11 is 0. The largest absolute Gasteiger partial charge is 0.314 e. The number of benzene rings is 1. The van der Waals surface area contributed by atoms with E-state index in [4.69, 9.17) is 0 Å². The van der Waals surface area contributed by atoms with Crippen LogP contribution in [0.15, 0.2) is 40.2 Å². The maximum absolute atomic E-state index is 11.6. The smallest absolute Gasteiger partial charge is 0.256 e. The van der Waals surface area contributed by atoms with Crippen molar-refractivity contribution in [2.45, 2.75) is 11.9 Å². The molecule has 15 heavy (non-hydrogen) atoms. The topological polar surface area (TPSA) is 49.9 Å². The van der Waals surface area contributed by atoms with Gasteiger partial charge in [-0.15, -0.1) is 0 Å². The van der Waals surface area contributed by atoms with Crippen molar-refractivity contribution in [1.29, 1.82) is 0 Å². The van der Waals surface area contributed by atoms with Gasteiger partial charge in [-0.3, -0.25) is 9.00 Å². The second-order valence-electron chi connectivity index (χ2n) is 3.18. The summed E-state index contributed by atoms with van der Waals surface area (Å²) in [5.74, 6) is 0.508.